The van der Waals surface area contributed by atoms with Crippen LogP contribution in [0.1, 0.15) is 33.9 Å². The molecule has 0 spiro atoms. The molecule has 8 heteroatoms. The largest absolute Gasteiger partial charge is 0.416 e. The molecule has 5 nitrogen and oxygen atoms in total. The fourth-order valence-corrected chi connectivity index (χ4v) is 2.96. The molecule has 1 amide bonds. The first kappa shape index (κ1) is 16.4. The second kappa shape index (κ2) is 6.20. The van der Waals surface area contributed by atoms with E-state index in [1.54, 1.807) is 0 Å². The minimum absolute atomic E-state index is 0.0167. The van der Waals surface area contributed by atoms with E-state index in [4.69, 9.17) is 0 Å². The molecule has 2 heterocycles. The van der Waals surface area contributed by atoms with Gasteiger partial charge in [0.15, 0.2) is 0 Å². The van der Waals surface area contributed by atoms with Crippen molar-refractivity contribution in [2.75, 3.05) is 6.54 Å². The van der Waals surface area contributed by atoms with Gasteiger partial charge in [-0.25, -0.2) is 0 Å². The van der Waals surface area contributed by atoms with Crippen molar-refractivity contribution in [2.24, 2.45) is 0 Å². The highest BCUT2D eigenvalue weighted by Gasteiger charge is 2.41. The number of hydrogen-bond acceptors (Lipinski definition) is 4. The number of rotatable bonds is 2. The molecule has 2 aromatic rings. The van der Waals surface area contributed by atoms with Crippen molar-refractivity contribution in [3.05, 3.63) is 59.4 Å². The summed E-state index contributed by atoms with van der Waals surface area (Å²) >= 11 is 0. The van der Waals surface area contributed by atoms with Crippen LogP contribution in [-0.4, -0.2) is 38.8 Å². The first-order valence-corrected chi connectivity index (χ1v) is 7.30. The maximum Gasteiger partial charge on any atom is 0.416 e. The Labute approximate surface area is 135 Å². The van der Waals surface area contributed by atoms with Crippen LogP contribution in [0.4, 0.5) is 13.2 Å². The highest BCUT2D eigenvalue weighted by Crippen LogP contribution is 2.40. The number of aliphatic hydroxyl groups is 1. The summed E-state index contributed by atoms with van der Waals surface area (Å²) in [6.45, 7) is -0.0297. The molecule has 1 aromatic heterocycles. The van der Waals surface area contributed by atoms with E-state index >= 15 is 0 Å². The number of carbonyl (C=O) groups is 1. The molecule has 0 saturated carbocycles. The van der Waals surface area contributed by atoms with Gasteiger partial charge in [0.2, 0.25) is 0 Å². The number of alkyl halides is 3. The van der Waals surface area contributed by atoms with Gasteiger partial charge in [-0.05, 0) is 24.1 Å². The number of nitrogens with zero attached hydrogens (tertiary/aromatic N) is 3. The van der Waals surface area contributed by atoms with Gasteiger partial charge in [0, 0.05) is 6.54 Å². The fraction of sp³-hybridized carbons (Fsp3) is 0.312. The lowest BCUT2D eigenvalue weighted by molar-refractivity contribution is -0.138. The van der Waals surface area contributed by atoms with Gasteiger partial charge in [0.05, 0.1) is 35.7 Å². The summed E-state index contributed by atoms with van der Waals surface area (Å²) in [5.41, 5.74) is -0.597. The number of amides is 1. The summed E-state index contributed by atoms with van der Waals surface area (Å²) in [6, 6.07) is 5.71. The van der Waals surface area contributed by atoms with E-state index in [2.05, 4.69) is 10.2 Å². The zero-order chi connectivity index (χ0) is 17.3. The molecule has 1 fully saturated rings. The molecule has 1 saturated heterocycles. The van der Waals surface area contributed by atoms with Crippen LogP contribution in [0, 0.1) is 0 Å². The predicted octanol–water partition coefficient (Wildman–Crippen LogP) is 2.44. The molecule has 0 aliphatic carbocycles. The summed E-state index contributed by atoms with van der Waals surface area (Å²) in [7, 11) is 0. The number of β-amino-alcohol motifs (C(OH)–C–C–N with tert-alkyl or cyclic N) is 1. The quantitative estimate of drug-likeness (QED) is 0.914. The molecule has 1 N–H and O–H groups in total. The van der Waals surface area contributed by atoms with Crippen molar-refractivity contribution >= 4 is 5.91 Å². The smallest absolute Gasteiger partial charge is 0.391 e. The molecule has 0 bridgehead atoms. The van der Waals surface area contributed by atoms with Crippen LogP contribution < -0.4 is 0 Å². The van der Waals surface area contributed by atoms with Crippen LogP contribution >= 0.6 is 0 Å². The lowest BCUT2D eigenvalue weighted by atomic mass is 9.97. The van der Waals surface area contributed by atoms with E-state index in [1.807, 2.05) is 0 Å². The average Bonchev–Trinajstić information content (AvgIpc) is 2.96. The van der Waals surface area contributed by atoms with E-state index in [-0.39, 0.29) is 24.1 Å². The Morgan fingerprint density at radius 1 is 1.21 bits per heavy atom. The van der Waals surface area contributed by atoms with Crippen molar-refractivity contribution < 1.29 is 23.1 Å². The third kappa shape index (κ3) is 3.09. The summed E-state index contributed by atoms with van der Waals surface area (Å²) in [5.74, 6) is -0.483. The number of aromatic nitrogens is 2. The molecular weight excluding hydrogens is 323 g/mol. The van der Waals surface area contributed by atoms with Gasteiger partial charge in [-0.15, -0.1) is 0 Å². The molecular formula is C16H14F3N3O2. The van der Waals surface area contributed by atoms with Crippen molar-refractivity contribution in [1.82, 2.24) is 15.1 Å². The van der Waals surface area contributed by atoms with Crippen molar-refractivity contribution in [3.8, 4) is 0 Å². The van der Waals surface area contributed by atoms with Crippen LogP contribution in [0.25, 0.3) is 0 Å². The highest BCUT2D eigenvalue weighted by atomic mass is 19.4. The van der Waals surface area contributed by atoms with Crippen molar-refractivity contribution in [2.45, 2.75) is 24.7 Å². The van der Waals surface area contributed by atoms with Gasteiger partial charge >= 0.3 is 6.18 Å². The zero-order valence-corrected chi connectivity index (χ0v) is 12.4. The number of carbonyl (C=O) groups excluding carboxylic acids is 1. The van der Waals surface area contributed by atoms with Crippen LogP contribution in [0.5, 0.6) is 0 Å². The fourth-order valence-electron chi connectivity index (χ4n) is 2.96. The molecule has 1 aliphatic heterocycles. The normalized spacial score (nSPS) is 21.1. The number of aliphatic hydroxyl groups excluding tert-OH is 1. The minimum Gasteiger partial charge on any atom is -0.391 e. The first-order valence-electron chi connectivity index (χ1n) is 7.30. The summed E-state index contributed by atoms with van der Waals surface area (Å²) in [4.78, 5) is 13.9. The van der Waals surface area contributed by atoms with E-state index in [9.17, 15) is 23.1 Å². The Hall–Kier alpha value is -2.48. The lowest BCUT2D eigenvalue weighted by Crippen LogP contribution is -2.32. The summed E-state index contributed by atoms with van der Waals surface area (Å²) in [5, 5.41) is 17.1. The Kier molecular flexibility index (Phi) is 4.23. The van der Waals surface area contributed by atoms with Gasteiger partial charge in [-0.2, -0.15) is 23.4 Å². The summed E-state index contributed by atoms with van der Waals surface area (Å²) < 4.78 is 39.8. The second-order valence-corrected chi connectivity index (χ2v) is 5.58. The van der Waals surface area contributed by atoms with E-state index in [0.29, 0.717) is 0 Å². The number of halogens is 3. The molecule has 1 aromatic carbocycles. The SMILES string of the molecule is O=C(c1ccnnc1)N1C[C@H](O)C[C@H]1c1ccccc1C(F)(F)F. The average molecular weight is 337 g/mol. The molecule has 1 aliphatic rings. The summed E-state index contributed by atoms with van der Waals surface area (Å²) in [6.07, 6.45) is -2.78. The Morgan fingerprint density at radius 3 is 2.62 bits per heavy atom. The predicted molar refractivity (Wildman–Crippen MR) is 77.9 cm³/mol. The van der Waals surface area contributed by atoms with Crippen molar-refractivity contribution in [1.29, 1.82) is 0 Å². The maximum absolute atomic E-state index is 13.3. The minimum atomic E-state index is -4.53. The van der Waals surface area contributed by atoms with Crippen LogP contribution in [0.2, 0.25) is 0 Å². The van der Waals surface area contributed by atoms with Gasteiger partial charge in [0.25, 0.3) is 5.91 Å². The monoisotopic (exact) mass is 337 g/mol. The van der Waals surface area contributed by atoms with E-state index in [1.165, 1.54) is 41.6 Å². The third-order valence-corrected chi connectivity index (χ3v) is 4.00. The Bertz CT molecular complexity index is 737. The Morgan fingerprint density at radius 2 is 1.96 bits per heavy atom. The van der Waals surface area contributed by atoms with E-state index in [0.717, 1.165) is 6.07 Å². The van der Waals surface area contributed by atoms with Crippen molar-refractivity contribution in [3.63, 3.8) is 0 Å². The van der Waals surface area contributed by atoms with Gasteiger partial charge in [0.1, 0.15) is 0 Å². The number of benzene rings is 1. The number of likely N-dealkylation sites (tertiary alicyclic amines) is 1. The third-order valence-electron chi connectivity index (χ3n) is 4.00. The highest BCUT2D eigenvalue weighted by molar-refractivity contribution is 5.94. The van der Waals surface area contributed by atoms with Crippen LogP contribution in [0.15, 0.2) is 42.7 Å². The molecule has 3 rings (SSSR count). The maximum atomic E-state index is 13.3. The topological polar surface area (TPSA) is 66.3 Å². The van der Waals surface area contributed by atoms with Gasteiger partial charge < -0.3 is 10.0 Å². The second-order valence-electron chi connectivity index (χ2n) is 5.58. The van der Waals surface area contributed by atoms with Crippen LogP contribution in [-0.2, 0) is 6.18 Å². The zero-order valence-electron chi connectivity index (χ0n) is 12.4. The standard InChI is InChI=1S/C16H14F3N3O2/c17-16(18,19)13-4-2-1-3-12(13)14-7-11(23)9-22(14)15(24)10-5-6-20-21-8-10/h1-6,8,11,14,23H,7,9H2/t11-,14+/m1/s1. The molecule has 24 heavy (non-hydrogen) atoms. The van der Waals surface area contributed by atoms with Crippen LogP contribution in [0.3, 0.4) is 0 Å². The lowest BCUT2D eigenvalue weighted by Gasteiger charge is -2.27. The first-order chi connectivity index (χ1) is 11.4. The number of hydrogen-bond donors (Lipinski definition) is 1. The van der Waals surface area contributed by atoms with Gasteiger partial charge in [-0.3, -0.25) is 4.79 Å². The van der Waals surface area contributed by atoms with Gasteiger partial charge in [-0.1, -0.05) is 18.2 Å². The molecule has 126 valence electrons. The Balaban J connectivity index is 1.99. The molecule has 2 atom stereocenters. The molecule has 0 unspecified atom stereocenters. The molecule has 0 radical (unpaired) electrons. The van der Waals surface area contributed by atoms with E-state index < -0.39 is 29.8 Å².